The molecule has 1 aliphatic rings. The third-order valence-corrected chi connectivity index (χ3v) is 7.68. The van der Waals surface area contributed by atoms with Crippen LogP contribution in [0.5, 0.6) is 5.75 Å². The second-order valence-electron chi connectivity index (χ2n) is 10.1. The highest BCUT2D eigenvalue weighted by Crippen LogP contribution is 2.42. The molecule has 8 nitrogen and oxygen atoms in total. The first-order valence-electron chi connectivity index (χ1n) is 13.3. The molecule has 0 saturated heterocycles. The summed E-state index contributed by atoms with van der Waals surface area (Å²) in [6.45, 7) is 0. The van der Waals surface area contributed by atoms with Crippen LogP contribution in [-0.4, -0.2) is 41.0 Å². The van der Waals surface area contributed by atoms with Crippen LogP contribution in [0.15, 0.2) is 85.1 Å². The van der Waals surface area contributed by atoms with Crippen molar-refractivity contribution >= 4 is 34.4 Å². The minimum atomic E-state index is -1.10. The van der Waals surface area contributed by atoms with Crippen LogP contribution in [0.3, 0.4) is 0 Å². The number of hydrogen-bond acceptors (Lipinski definition) is 5. The van der Waals surface area contributed by atoms with Crippen LogP contribution >= 0.6 is 0 Å². The molecule has 1 aliphatic carbocycles. The molecule has 0 aliphatic heterocycles. The lowest BCUT2D eigenvalue weighted by atomic mass is 9.77. The zero-order chi connectivity index (χ0) is 28.1. The fourth-order valence-corrected chi connectivity index (χ4v) is 5.48. The minimum Gasteiger partial charge on any atom is -0.497 e. The van der Waals surface area contributed by atoms with Gasteiger partial charge in [-0.2, -0.15) is 0 Å². The monoisotopic (exact) mass is 537 g/mol. The van der Waals surface area contributed by atoms with Crippen molar-refractivity contribution in [3.63, 3.8) is 0 Å². The zero-order valence-electron chi connectivity index (χ0n) is 22.2. The number of rotatable bonds is 9. The van der Waals surface area contributed by atoms with Gasteiger partial charge in [-0.3, -0.25) is 14.6 Å². The molecular formula is C32H31N3O5. The van der Waals surface area contributed by atoms with E-state index in [4.69, 9.17) is 4.74 Å². The summed E-state index contributed by atoms with van der Waals surface area (Å²) in [5, 5.41) is 16.4. The number of amides is 2. The van der Waals surface area contributed by atoms with Crippen molar-refractivity contribution in [3.05, 3.63) is 102 Å². The molecule has 1 saturated carbocycles. The average Bonchev–Trinajstić information content (AvgIpc) is 3.49. The molecule has 5 rings (SSSR count). The van der Waals surface area contributed by atoms with E-state index in [0.29, 0.717) is 29.8 Å². The van der Waals surface area contributed by atoms with Gasteiger partial charge in [-0.15, -0.1) is 0 Å². The van der Waals surface area contributed by atoms with E-state index in [2.05, 4.69) is 15.6 Å². The number of ether oxygens (including phenoxy) is 1. The number of benzene rings is 3. The average molecular weight is 538 g/mol. The summed E-state index contributed by atoms with van der Waals surface area (Å²) in [5.74, 6) is -0.925. The summed E-state index contributed by atoms with van der Waals surface area (Å²) >= 11 is 0. The number of nitrogens with one attached hydrogen (secondary N) is 2. The van der Waals surface area contributed by atoms with Crippen LogP contribution in [0, 0.1) is 0 Å². The highest BCUT2D eigenvalue weighted by molar-refractivity contribution is 6.12. The lowest BCUT2D eigenvalue weighted by molar-refractivity contribution is -0.142. The number of para-hydroxylation sites is 1. The second kappa shape index (κ2) is 11.6. The van der Waals surface area contributed by atoms with E-state index in [1.54, 1.807) is 43.6 Å². The first-order chi connectivity index (χ1) is 19.4. The molecule has 1 atom stereocenters. The maximum absolute atomic E-state index is 13.6. The van der Waals surface area contributed by atoms with E-state index in [9.17, 15) is 19.5 Å². The molecule has 0 spiro atoms. The first-order valence-corrected chi connectivity index (χ1v) is 13.3. The highest BCUT2D eigenvalue weighted by Gasteiger charge is 2.43. The van der Waals surface area contributed by atoms with Gasteiger partial charge >= 0.3 is 5.97 Å². The van der Waals surface area contributed by atoms with Crippen LogP contribution in [0.25, 0.3) is 10.9 Å². The molecule has 0 bridgehead atoms. The van der Waals surface area contributed by atoms with Gasteiger partial charge < -0.3 is 20.5 Å². The van der Waals surface area contributed by atoms with Crippen molar-refractivity contribution in [3.8, 4) is 5.75 Å². The number of aliphatic carboxylic acids is 1. The lowest BCUT2D eigenvalue weighted by Gasteiger charge is -2.30. The third kappa shape index (κ3) is 5.52. The Balaban J connectivity index is 1.27. The van der Waals surface area contributed by atoms with Gasteiger partial charge in [-0.05, 0) is 60.4 Å². The van der Waals surface area contributed by atoms with E-state index in [1.807, 2.05) is 48.5 Å². The molecule has 0 radical (unpaired) electrons. The van der Waals surface area contributed by atoms with Crippen molar-refractivity contribution in [1.29, 1.82) is 0 Å². The summed E-state index contributed by atoms with van der Waals surface area (Å²) in [5.41, 5.74) is 2.67. The molecule has 1 aromatic heterocycles. The van der Waals surface area contributed by atoms with Gasteiger partial charge in [0, 0.05) is 23.7 Å². The maximum Gasteiger partial charge on any atom is 0.326 e. The number of carbonyl (C=O) groups excluding carboxylic acids is 2. The predicted octanol–water partition coefficient (Wildman–Crippen LogP) is 5.12. The standard InChI is InChI=1S/C32H31N3O5/c1-40-24-14-10-22(11-15-24)32(17-4-5-18-32)31(39)35-28(30(37)38)20-21-8-12-23(13-9-21)34-29(36)26-16-19-33-27-7-3-2-6-25(26)27/h2-3,6-16,19,28H,4-5,17-18,20H2,1H3,(H,34,36)(H,35,39)(H,37,38). The van der Waals surface area contributed by atoms with Crippen molar-refractivity contribution in [2.75, 3.05) is 12.4 Å². The summed E-state index contributed by atoms with van der Waals surface area (Å²) in [4.78, 5) is 43.0. The number of hydrogen-bond donors (Lipinski definition) is 3. The summed E-state index contributed by atoms with van der Waals surface area (Å²) < 4.78 is 5.25. The van der Waals surface area contributed by atoms with Crippen LogP contribution in [0.2, 0.25) is 0 Å². The van der Waals surface area contributed by atoms with E-state index < -0.39 is 17.4 Å². The molecule has 3 aromatic carbocycles. The number of methoxy groups -OCH3 is 1. The highest BCUT2D eigenvalue weighted by atomic mass is 16.5. The zero-order valence-corrected chi connectivity index (χ0v) is 22.2. The predicted molar refractivity (Wildman–Crippen MR) is 153 cm³/mol. The van der Waals surface area contributed by atoms with Gasteiger partial charge in [-0.1, -0.05) is 55.3 Å². The van der Waals surface area contributed by atoms with Gasteiger partial charge in [0.15, 0.2) is 0 Å². The molecule has 4 aromatic rings. The third-order valence-electron chi connectivity index (χ3n) is 7.68. The number of nitrogens with zero attached hydrogens (tertiary/aromatic N) is 1. The fourth-order valence-electron chi connectivity index (χ4n) is 5.48. The molecule has 2 amide bonds. The molecule has 1 fully saturated rings. The van der Waals surface area contributed by atoms with Crippen molar-refractivity contribution in [1.82, 2.24) is 10.3 Å². The van der Waals surface area contributed by atoms with Gasteiger partial charge in [0.05, 0.1) is 23.6 Å². The summed E-state index contributed by atoms with van der Waals surface area (Å²) in [6, 6.07) is 22.4. The van der Waals surface area contributed by atoms with Gasteiger partial charge in [0.1, 0.15) is 11.8 Å². The second-order valence-corrected chi connectivity index (χ2v) is 10.1. The lowest BCUT2D eigenvalue weighted by Crippen LogP contribution is -2.50. The Bertz CT molecular complexity index is 1520. The van der Waals surface area contributed by atoms with E-state index >= 15 is 0 Å². The Morgan fingerprint density at radius 1 is 0.950 bits per heavy atom. The van der Waals surface area contributed by atoms with Gasteiger partial charge in [0.2, 0.25) is 5.91 Å². The first kappa shape index (κ1) is 26.9. The number of carbonyl (C=O) groups is 3. The number of aromatic nitrogens is 1. The van der Waals surface area contributed by atoms with Gasteiger partial charge in [0.25, 0.3) is 5.91 Å². The van der Waals surface area contributed by atoms with E-state index in [1.165, 1.54) is 0 Å². The largest absolute Gasteiger partial charge is 0.497 e. The topological polar surface area (TPSA) is 118 Å². The molecular weight excluding hydrogens is 506 g/mol. The van der Waals surface area contributed by atoms with Crippen molar-refractivity contribution in [2.24, 2.45) is 0 Å². The molecule has 204 valence electrons. The Morgan fingerprint density at radius 2 is 1.65 bits per heavy atom. The number of anilines is 1. The normalized spacial score (nSPS) is 14.8. The van der Waals surface area contributed by atoms with Crippen LogP contribution in [0.1, 0.15) is 47.2 Å². The molecule has 3 N–H and O–H groups in total. The Morgan fingerprint density at radius 3 is 2.33 bits per heavy atom. The SMILES string of the molecule is COc1ccc(C2(C(=O)NC(Cc3ccc(NC(=O)c4ccnc5ccccc45)cc3)C(=O)O)CCCC2)cc1. The molecule has 8 heteroatoms. The molecule has 40 heavy (non-hydrogen) atoms. The summed E-state index contributed by atoms with van der Waals surface area (Å²) in [6.07, 6.45) is 4.85. The van der Waals surface area contributed by atoms with Crippen LogP contribution in [0.4, 0.5) is 5.69 Å². The quantitative estimate of drug-likeness (QED) is 0.273. The minimum absolute atomic E-state index is 0.114. The molecule has 1 unspecified atom stereocenters. The number of carboxylic acids is 1. The molecule has 1 heterocycles. The van der Waals surface area contributed by atoms with Crippen LogP contribution in [-0.2, 0) is 21.4 Å². The van der Waals surface area contributed by atoms with Crippen LogP contribution < -0.4 is 15.4 Å². The number of pyridine rings is 1. The van der Waals surface area contributed by atoms with Crippen molar-refractivity contribution < 1.29 is 24.2 Å². The number of fused-ring (bicyclic) bond motifs is 1. The van der Waals surface area contributed by atoms with Gasteiger partial charge in [-0.25, -0.2) is 4.79 Å². The Hall–Kier alpha value is -4.72. The summed E-state index contributed by atoms with van der Waals surface area (Å²) in [7, 11) is 1.59. The Labute approximate surface area is 232 Å². The Kier molecular flexibility index (Phi) is 7.77. The fraction of sp³-hybridized carbons (Fsp3) is 0.250. The number of carboxylic acid groups (broad SMARTS) is 1. The smallest absolute Gasteiger partial charge is 0.326 e. The van der Waals surface area contributed by atoms with E-state index in [-0.39, 0.29) is 18.2 Å². The van der Waals surface area contributed by atoms with E-state index in [0.717, 1.165) is 34.9 Å². The van der Waals surface area contributed by atoms with Crippen molar-refractivity contribution in [2.45, 2.75) is 43.6 Å². The maximum atomic E-state index is 13.6.